The summed E-state index contributed by atoms with van der Waals surface area (Å²) in [6, 6.07) is 1.69. The third-order valence-electron chi connectivity index (χ3n) is 3.31. The van der Waals surface area contributed by atoms with E-state index in [1.165, 1.54) is 10.7 Å². The normalized spacial score (nSPS) is 15.5. The highest BCUT2D eigenvalue weighted by atomic mass is 19.1. The monoisotopic (exact) mass is 248 g/mol. The molecule has 0 saturated carbocycles. The topological polar surface area (TPSA) is 63.6 Å². The molecule has 2 aromatic heterocycles. The Balaban J connectivity index is 2.20. The van der Waals surface area contributed by atoms with Crippen LogP contribution in [0.15, 0.2) is 18.5 Å². The molecule has 5 nitrogen and oxygen atoms in total. The molecule has 0 unspecified atom stereocenters. The van der Waals surface area contributed by atoms with Crippen molar-refractivity contribution < 1.29 is 9.18 Å². The molecule has 0 aliphatic carbocycles. The van der Waals surface area contributed by atoms with E-state index in [0.29, 0.717) is 5.69 Å². The summed E-state index contributed by atoms with van der Waals surface area (Å²) < 4.78 is 15.8. The Hall–Kier alpha value is -2.11. The summed E-state index contributed by atoms with van der Waals surface area (Å²) in [5, 5.41) is 3.93. The van der Waals surface area contributed by atoms with Gasteiger partial charge in [0.05, 0.1) is 17.4 Å². The van der Waals surface area contributed by atoms with Crippen LogP contribution in [0.2, 0.25) is 0 Å². The first-order chi connectivity index (χ1) is 8.68. The van der Waals surface area contributed by atoms with Crippen LogP contribution >= 0.6 is 0 Å². The van der Waals surface area contributed by atoms with Crippen molar-refractivity contribution in [3.05, 3.63) is 29.8 Å². The van der Waals surface area contributed by atoms with Crippen LogP contribution in [-0.2, 0) is 0 Å². The third-order valence-corrected chi connectivity index (χ3v) is 3.31. The van der Waals surface area contributed by atoms with Crippen LogP contribution in [0.4, 0.5) is 10.1 Å². The minimum absolute atomic E-state index is 0.119. The molecule has 1 fully saturated rings. The van der Waals surface area contributed by atoms with Gasteiger partial charge in [0, 0.05) is 19.3 Å². The summed E-state index contributed by atoms with van der Waals surface area (Å²) in [6.07, 6.45) is 5.08. The lowest BCUT2D eigenvalue weighted by molar-refractivity contribution is 0.100. The number of hydrogen-bond acceptors (Lipinski definition) is 3. The van der Waals surface area contributed by atoms with Crippen LogP contribution in [0.25, 0.3) is 5.52 Å². The Kier molecular flexibility index (Phi) is 2.43. The second-order valence-electron chi connectivity index (χ2n) is 4.42. The molecule has 0 bridgehead atoms. The Bertz CT molecular complexity index is 616. The van der Waals surface area contributed by atoms with Gasteiger partial charge in [-0.15, -0.1) is 0 Å². The number of aromatic nitrogens is 2. The highest BCUT2D eigenvalue weighted by Gasteiger charge is 2.21. The number of fused-ring (bicyclic) bond motifs is 1. The first-order valence-electron chi connectivity index (χ1n) is 5.89. The number of pyridine rings is 1. The summed E-state index contributed by atoms with van der Waals surface area (Å²) in [7, 11) is 0. The molecule has 0 radical (unpaired) electrons. The first kappa shape index (κ1) is 11.0. The molecule has 0 atom stereocenters. The fourth-order valence-electron chi connectivity index (χ4n) is 2.41. The lowest BCUT2D eigenvalue weighted by Crippen LogP contribution is -2.20. The van der Waals surface area contributed by atoms with Gasteiger partial charge < -0.3 is 10.6 Å². The fourth-order valence-corrected chi connectivity index (χ4v) is 2.41. The lowest BCUT2D eigenvalue weighted by atomic mass is 10.2. The quantitative estimate of drug-likeness (QED) is 0.867. The van der Waals surface area contributed by atoms with E-state index >= 15 is 0 Å². The third kappa shape index (κ3) is 1.53. The number of rotatable bonds is 2. The Morgan fingerprint density at radius 2 is 2.11 bits per heavy atom. The van der Waals surface area contributed by atoms with E-state index < -0.39 is 11.7 Å². The molecule has 3 heterocycles. The van der Waals surface area contributed by atoms with Gasteiger partial charge in [0.25, 0.3) is 5.91 Å². The zero-order valence-corrected chi connectivity index (χ0v) is 9.77. The average Bonchev–Trinajstić information content (AvgIpc) is 2.97. The van der Waals surface area contributed by atoms with Crippen LogP contribution in [-0.4, -0.2) is 28.6 Å². The van der Waals surface area contributed by atoms with Crippen LogP contribution in [0.1, 0.15) is 23.2 Å². The average molecular weight is 248 g/mol. The Labute approximate surface area is 103 Å². The van der Waals surface area contributed by atoms with Gasteiger partial charge in [-0.1, -0.05) is 0 Å². The number of halogens is 1. The molecule has 94 valence electrons. The predicted molar refractivity (Wildman–Crippen MR) is 65.1 cm³/mol. The largest absolute Gasteiger partial charge is 0.369 e. The molecular weight excluding hydrogens is 235 g/mol. The van der Waals surface area contributed by atoms with E-state index in [0.717, 1.165) is 25.9 Å². The van der Waals surface area contributed by atoms with Crippen LogP contribution in [0.3, 0.4) is 0 Å². The summed E-state index contributed by atoms with van der Waals surface area (Å²) in [4.78, 5) is 13.2. The zero-order valence-electron chi connectivity index (χ0n) is 9.77. The number of anilines is 1. The molecule has 1 saturated heterocycles. The van der Waals surface area contributed by atoms with E-state index in [-0.39, 0.29) is 11.1 Å². The molecule has 1 aliphatic heterocycles. The molecule has 0 aromatic carbocycles. The molecule has 2 aromatic rings. The lowest BCUT2D eigenvalue weighted by Gasteiger charge is -2.18. The van der Waals surface area contributed by atoms with Gasteiger partial charge in [0.1, 0.15) is 5.52 Å². The van der Waals surface area contributed by atoms with Crippen LogP contribution in [0, 0.1) is 5.82 Å². The maximum Gasteiger partial charge on any atom is 0.252 e. The van der Waals surface area contributed by atoms with Crippen molar-refractivity contribution in [1.82, 2.24) is 9.61 Å². The van der Waals surface area contributed by atoms with Gasteiger partial charge in [0.15, 0.2) is 5.82 Å². The second kappa shape index (κ2) is 3.97. The molecule has 1 amide bonds. The number of carbonyl (C=O) groups excluding carboxylic acids is 1. The minimum Gasteiger partial charge on any atom is -0.369 e. The van der Waals surface area contributed by atoms with Crippen molar-refractivity contribution in [2.45, 2.75) is 12.8 Å². The molecule has 6 heteroatoms. The van der Waals surface area contributed by atoms with Crippen LogP contribution < -0.4 is 10.6 Å². The Morgan fingerprint density at radius 1 is 1.39 bits per heavy atom. The summed E-state index contributed by atoms with van der Waals surface area (Å²) in [5.41, 5.74) is 6.02. The van der Waals surface area contributed by atoms with E-state index in [1.54, 1.807) is 12.3 Å². The SMILES string of the molecule is NC(=O)c1cnn2ccc(N3CCCC3)c(F)c12. The van der Waals surface area contributed by atoms with Crippen molar-refractivity contribution in [3.63, 3.8) is 0 Å². The molecule has 18 heavy (non-hydrogen) atoms. The van der Waals surface area contributed by atoms with Gasteiger partial charge in [0.2, 0.25) is 0 Å². The van der Waals surface area contributed by atoms with E-state index in [9.17, 15) is 9.18 Å². The van der Waals surface area contributed by atoms with Crippen molar-refractivity contribution in [2.75, 3.05) is 18.0 Å². The van der Waals surface area contributed by atoms with E-state index in [4.69, 9.17) is 5.73 Å². The van der Waals surface area contributed by atoms with E-state index in [2.05, 4.69) is 5.10 Å². The van der Waals surface area contributed by atoms with Crippen molar-refractivity contribution >= 4 is 17.1 Å². The van der Waals surface area contributed by atoms with Crippen molar-refractivity contribution in [2.24, 2.45) is 5.73 Å². The van der Waals surface area contributed by atoms with Gasteiger partial charge >= 0.3 is 0 Å². The highest BCUT2D eigenvalue weighted by molar-refractivity contribution is 6.00. The molecule has 0 spiro atoms. The zero-order chi connectivity index (χ0) is 12.7. The fraction of sp³-hybridized carbons (Fsp3) is 0.333. The predicted octanol–water partition coefficient (Wildman–Crippen LogP) is 1.17. The highest BCUT2D eigenvalue weighted by Crippen LogP contribution is 2.27. The standard InChI is InChI=1S/C12H13FN4O/c13-10-9(16-4-1-2-5-16)3-6-17-11(10)8(7-15-17)12(14)18/h3,6-7H,1-2,4-5H2,(H2,14,18). The first-order valence-corrected chi connectivity index (χ1v) is 5.89. The van der Waals surface area contributed by atoms with Crippen LogP contribution in [0.5, 0.6) is 0 Å². The summed E-state index contributed by atoms with van der Waals surface area (Å²) >= 11 is 0. The van der Waals surface area contributed by atoms with E-state index in [1.807, 2.05) is 4.90 Å². The van der Waals surface area contributed by atoms with Crippen molar-refractivity contribution in [1.29, 1.82) is 0 Å². The Morgan fingerprint density at radius 3 is 2.78 bits per heavy atom. The molecule has 1 aliphatic rings. The number of nitrogens with two attached hydrogens (primary N) is 1. The van der Waals surface area contributed by atoms with Gasteiger partial charge in [-0.05, 0) is 18.9 Å². The smallest absolute Gasteiger partial charge is 0.252 e. The maximum absolute atomic E-state index is 14.5. The molecule has 2 N–H and O–H groups in total. The van der Waals surface area contributed by atoms with Gasteiger partial charge in [-0.2, -0.15) is 5.10 Å². The summed E-state index contributed by atoms with van der Waals surface area (Å²) in [5.74, 6) is -1.09. The number of amides is 1. The van der Waals surface area contributed by atoms with Crippen molar-refractivity contribution in [3.8, 4) is 0 Å². The molecular formula is C12H13FN4O. The minimum atomic E-state index is -0.664. The number of primary amides is 1. The second-order valence-corrected chi connectivity index (χ2v) is 4.42. The van der Waals surface area contributed by atoms with Gasteiger partial charge in [-0.3, -0.25) is 4.79 Å². The number of nitrogens with zero attached hydrogens (tertiary/aromatic N) is 3. The summed E-state index contributed by atoms with van der Waals surface area (Å²) in [6.45, 7) is 1.68. The number of carbonyl (C=O) groups is 1. The number of hydrogen-bond donors (Lipinski definition) is 1. The van der Waals surface area contributed by atoms with Gasteiger partial charge in [-0.25, -0.2) is 8.91 Å². The molecule has 3 rings (SSSR count). The maximum atomic E-state index is 14.5.